The Kier molecular flexibility index (Phi) is 5.23. The number of nitrogens with one attached hydrogen (secondary N) is 1. The summed E-state index contributed by atoms with van der Waals surface area (Å²) < 4.78 is 0. The molecular formula is C19H27NS. The highest BCUT2D eigenvalue weighted by Gasteiger charge is 2.33. The molecule has 1 aromatic carbocycles. The third kappa shape index (κ3) is 3.56. The van der Waals surface area contributed by atoms with Gasteiger partial charge in [0.25, 0.3) is 0 Å². The van der Waals surface area contributed by atoms with Gasteiger partial charge in [-0.3, -0.25) is 0 Å². The zero-order chi connectivity index (χ0) is 15.5. The first kappa shape index (κ1) is 16.3. The average molecular weight is 301 g/mol. The van der Waals surface area contributed by atoms with Crippen molar-refractivity contribution in [1.29, 1.82) is 0 Å². The topological polar surface area (TPSA) is 12.0 Å². The molecule has 0 aliphatic heterocycles. The highest BCUT2D eigenvalue weighted by atomic mass is 32.1. The Morgan fingerprint density at radius 2 is 1.81 bits per heavy atom. The number of thiophene rings is 1. The lowest BCUT2D eigenvalue weighted by molar-refractivity contribution is 0.352. The van der Waals surface area contributed by atoms with E-state index in [0.29, 0.717) is 6.04 Å². The Morgan fingerprint density at radius 1 is 1.14 bits per heavy atom. The van der Waals surface area contributed by atoms with Crippen LogP contribution in [0.3, 0.4) is 0 Å². The van der Waals surface area contributed by atoms with Gasteiger partial charge in [-0.15, -0.1) is 11.3 Å². The van der Waals surface area contributed by atoms with Crippen molar-refractivity contribution >= 4 is 11.3 Å². The van der Waals surface area contributed by atoms with Crippen LogP contribution >= 0.6 is 11.3 Å². The smallest absolute Gasteiger partial charge is 0.0510 e. The van der Waals surface area contributed by atoms with Gasteiger partial charge in [0, 0.05) is 15.2 Å². The lowest BCUT2D eigenvalue weighted by atomic mass is 9.76. The van der Waals surface area contributed by atoms with Gasteiger partial charge in [-0.25, -0.2) is 0 Å². The van der Waals surface area contributed by atoms with Gasteiger partial charge in [0.2, 0.25) is 0 Å². The van der Waals surface area contributed by atoms with Crippen molar-refractivity contribution < 1.29 is 0 Å². The first-order valence-electron chi connectivity index (χ1n) is 7.82. The van der Waals surface area contributed by atoms with E-state index in [-0.39, 0.29) is 5.41 Å². The highest BCUT2D eigenvalue weighted by molar-refractivity contribution is 7.12. The first-order valence-corrected chi connectivity index (χ1v) is 8.64. The van der Waals surface area contributed by atoms with Crippen LogP contribution in [0.2, 0.25) is 0 Å². The normalized spacial score (nSPS) is 13.4. The van der Waals surface area contributed by atoms with Crippen molar-refractivity contribution in [3.63, 3.8) is 0 Å². The lowest BCUT2D eigenvalue weighted by Crippen LogP contribution is -2.37. The maximum Gasteiger partial charge on any atom is 0.0510 e. The van der Waals surface area contributed by atoms with Gasteiger partial charge in [-0.1, -0.05) is 51.1 Å². The quantitative estimate of drug-likeness (QED) is 0.755. The number of benzene rings is 1. The molecule has 0 bridgehead atoms. The Bertz CT molecular complexity index is 569. The second-order valence-corrected chi connectivity index (χ2v) is 7.67. The van der Waals surface area contributed by atoms with Gasteiger partial charge in [-0.05, 0) is 44.0 Å². The Morgan fingerprint density at radius 3 is 2.33 bits per heavy atom. The van der Waals surface area contributed by atoms with E-state index in [4.69, 9.17) is 0 Å². The van der Waals surface area contributed by atoms with Crippen LogP contribution in [-0.2, 0) is 5.41 Å². The minimum Gasteiger partial charge on any atom is -0.309 e. The molecule has 114 valence electrons. The summed E-state index contributed by atoms with van der Waals surface area (Å²) in [4.78, 5) is 2.88. The van der Waals surface area contributed by atoms with Crippen LogP contribution in [0.1, 0.15) is 54.1 Å². The van der Waals surface area contributed by atoms with Crippen molar-refractivity contribution in [2.45, 2.75) is 52.5 Å². The van der Waals surface area contributed by atoms with E-state index in [1.807, 2.05) is 11.3 Å². The van der Waals surface area contributed by atoms with Gasteiger partial charge in [-0.2, -0.15) is 0 Å². The molecule has 0 aliphatic carbocycles. The second kappa shape index (κ2) is 6.76. The molecule has 2 rings (SSSR count). The summed E-state index contributed by atoms with van der Waals surface area (Å²) >= 11 is 1.93. The van der Waals surface area contributed by atoms with Crippen LogP contribution in [-0.4, -0.2) is 6.54 Å². The van der Waals surface area contributed by atoms with E-state index in [2.05, 4.69) is 76.3 Å². The van der Waals surface area contributed by atoms with E-state index >= 15 is 0 Å². The Hall–Kier alpha value is -1.12. The predicted molar refractivity (Wildman–Crippen MR) is 94.3 cm³/mol. The minimum absolute atomic E-state index is 0.0679. The number of hydrogen-bond donors (Lipinski definition) is 1. The molecule has 0 amide bonds. The molecule has 0 fully saturated rings. The molecule has 2 aromatic rings. The van der Waals surface area contributed by atoms with E-state index in [9.17, 15) is 0 Å². The van der Waals surface area contributed by atoms with E-state index in [1.54, 1.807) is 0 Å². The second-order valence-electron chi connectivity index (χ2n) is 6.38. The van der Waals surface area contributed by atoms with E-state index in [1.165, 1.54) is 20.9 Å². The molecule has 1 unspecified atom stereocenters. The van der Waals surface area contributed by atoms with Crippen LogP contribution in [0.5, 0.6) is 0 Å². The molecule has 0 saturated carbocycles. The average Bonchev–Trinajstić information content (AvgIpc) is 2.79. The molecule has 1 nitrogen and oxygen atoms in total. The molecule has 1 aromatic heterocycles. The standard InChI is InChI=1S/C19H27NS/c1-6-12-20-18(17-14(2)13-15(3)21-17)19(4,5)16-10-8-7-9-11-16/h7-11,13,18,20H,6,12H2,1-5H3. The van der Waals surface area contributed by atoms with Crippen LogP contribution in [0.25, 0.3) is 0 Å². The van der Waals surface area contributed by atoms with Crippen molar-refractivity contribution in [2.75, 3.05) is 6.54 Å². The maximum absolute atomic E-state index is 3.79. The third-order valence-corrected chi connectivity index (χ3v) is 5.40. The molecular weight excluding hydrogens is 274 g/mol. The Balaban J connectivity index is 2.42. The van der Waals surface area contributed by atoms with Gasteiger partial charge in [0.05, 0.1) is 6.04 Å². The van der Waals surface area contributed by atoms with Gasteiger partial charge < -0.3 is 5.32 Å². The summed E-state index contributed by atoms with van der Waals surface area (Å²) in [6, 6.07) is 13.5. The zero-order valence-electron chi connectivity index (χ0n) is 13.9. The molecule has 1 heterocycles. The van der Waals surface area contributed by atoms with Crippen molar-refractivity contribution in [1.82, 2.24) is 5.32 Å². The molecule has 0 aliphatic rings. The van der Waals surface area contributed by atoms with Crippen LogP contribution in [0, 0.1) is 13.8 Å². The van der Waals surface area contributed by atoms with Crippen molar-refractivity contribution in [2.24, 2.45) is 0 Å². The monoisotopic (exact) mass is 301 g/mol. The highest BCUT2D eigenvalue weighted by Crippen LogP contribution is 2.41. The summed E-state index contributed by atoms with van der Waals surface area (Å²) in [7, 11) is 0. The van der Waals surface area contributed by atoms with Crippen molar-refractivity contribution in [3.05, 3.63) is 57.3 Å². The largest absolute Gasteiger partial charge is 0.309 e. The van der Waals surface area contributed by atoms with Crippen molar-refractivity contribution in [3.8, 4) is 0 Å². The summed E-state index contributed by atoms with van der Waals surface area (Å²) in [6.45, 7) is 12.4. The fourth-order valence-electron chi connectivity index (χ4n) is 2.94. The lowest BCUT2D eigenvalue weighted by Gasteiger charge is -2.36. The summed E-state index contributed by atoms with van der Waals surface area (Å²) in [5.74, 6) is 0. The number of hydrogen-bond acceptors (Lipinski definition) is 2. The zero-order valence-corrected chi connectivity index (χ0v) is 14.7. The SMILES string of the molecule is CCCNC(c1sc(C)cc1C)C(C)(C)c1ccccc1. The molecule has 2 heteroatoms. The van der Waals surface area contributed by atoms with E-state index in [0.717, 1.165) is 13.0 Å². The summed E-state index contributed by atoms with van der Waals surface area (Å²) in [5.41, 5.74) is 2.87. The van der Waals surface area contributed by atoms with E-state index < -0.39 is 0 Å². The first-order chi connectivity index (χ1) is 9.96. The third-order valence-electron chi connectivity index (χ3n) is 4.18. The van der Waals surface area contributed by atoms with Gasteiger partial charge in [0.1, 0.15) is 0 Å². The van der Waals surface area contributed by atoms with Gasteiger partial charge >= 0.3 is 0 Å². The van der Waals surface area contributed by atoms with Crippen LogP contribution in [0.15, 0.2) is 36.4 Å². The van der Waals surface area contributed by atoms with Crippen LogP contribution in [0.4, 0.5) is 0 Å². The molecule has 0 spiro atoms. The number of rotatable bonds is 6. The fraction of sp³-hybridized carbons (Fsp3) is 0.474. The fourth-order valence-corrected chi connectivity index (χ4v) is 4.24. The molecule has 21 heavy (non-hydrogen) atoms. The number of aryl methyl sites for hydroxylation is 2. The van der Waals surface area contributed by atoms with Gasteiger partial charge in [0.15, 0.2) is 0 Å². The van der Waals surface area contributed by atoms with Crippen LogP contribution < -0.4 is 5.32 Å². The summed E-state index contributed by atoms with van der Waals surface area (Å²) in [5, 5.41) is 3.79. The molecule has 0 radical (unpaired) electrons. The molecule has 1 N–H and O–H groups in total. The summed E-state index contributed by atoms with van der Waals surface area (Å²) in [6.07, 6.45) is 1.16. The minimum atomic E-state index is 0.0679. The Labute approximate surface area is 133 Å². The molecule has 0 saturated heterocycles. The molecule has 1 atom stereocenters. The predicted octanol–water partition coefficient (Wildman–Crippen LogP) is 5.38. The maximum atomic E-state index is 3.79.